The lowest BCUT2D eigenvalue weighted by Crippen LogP contribution is -2.46. The second-order valence-corrected chi connectivity index (χ2v) is 5.96. The molecular weight excluding hydrogens is 304 g/mol. The van der Waals surface area contributed by atoms with Crippen molar-refractivity contribution in [1.82, 2.24) is 10.2 Å². The number of hydrogen-bond acceptors (Lipinski definition) is 3. The quantitative estimate of drug-likeness (QED) is 0.859. The summed E-state index contributed by atoms with van der Waals surface area (Å²) in [7, 11) is 0. The molecule has 3 amide bonds. The van der Waals surface area contributed by atoms with Crippen molar-refractivity contribution in [3.05, 3.63) is 71.8 Å². The van der Waals surface area contributed by atoms with Gasteiger partial charge in [-0.05, 0) is 18.1 Å². The average Bonchev–Trinajstić information content (AvgIpc) is 2.81. The van der Waals surface area contributed by atoms with E-state index in [1.165, 1.54) is 6.92 Å². The van der Waals surface area contributed by atoms with E-state index in [9.17, 15) is 14.4 Å². The summed E-state index contributed by atoms with van der Waals surface area (Å²) < 4.78 is 0. The summed E-state index contributed by atoms with van der Waals surface area (Å²) in [5.41, 5.74) is 0.452. The minimum absolute atomic E-state index is 0.214. The molecule has 5 nitrogen and oxygen atoms in total. The monoisotopic (exact) mass is 322 g/mol. The molecule has 1 aliphatic rings. The number of Topliss-reactive ketones (excluding diaryl/α,β-unsaturated/α-hetero) is 1. The minimum atomic E-state index is -1.19. The van der Waals surface area contributed by atoms with Gasteiger partial charge in [0.05, 0.1) is 6.54 Å². The van der Waals surface area contributed by atoms with Crippen LogP contribution in [0.2, 0.25) is 0 Å². The van der Waals surface area contributed by atoms with Crippen LogP contribution in [0.3, 0.4) is 0 Å². The third kappa shape index (κ3) is 2.80. The molecule has 0 unspecified atom stereocenters. The molecule has 122 valence electrons. The van der Waals surface area contributed by atoms with E-state index in [1.54, 1.807) is 0 Å². The zero-order valence-electron chi connectivity index (χ0n) is 13.4. The van der Waals surface area contributed by atoms with Gasteiger partial charge in [0.2, 0.25) is 0 Å². The molecule has 5 heteroatoms. The van der Waals surface area contributed by atoms with Gasteiger partial charge in [-0.3, -0.25) is 14.5 Å². The molecule has 0 saturated carbocycles. The van der Waals surface area contributed by atoms with Crippen LogP contribution in [0.15, 0.2) is 60.7 Å². The summed E-state index contributed by atoms with van der Waals surface area (Å²) in [5.74, 6) is -0.625. The molecule has 0 spiro atoms. The molecule has 2 aromatic carbocycles. The van der Waals surface area contributed by atoms with E-state index in [4.69, 9.17) is 0 Å². The molecule has 1 N–H and O–H groups in total. The predicted octanol–water partition coefficient (Wildman–Crippen LogP) is 2.27. The van der Waals surface area contributed by atoms with Gasteiger partial charge in [-0.25, -0.2) is 4.79 Å². The first-order valence-electron chi connectivity index (χ1n) is 7.76. The number of carbonyl (C=O) groups excluding carboxylic acids is 3. The predicted molar refractivity (Wildman–Crippen MR) is 89.2 cm³/mol. The number of nitrogens with zero attached hydrogens (tertiary/aromatic N) is 1. The fourth-order valence-corrected chi connectivity index (χ4v) is 3.03. The maximum absolute atomic E-state index is 13.1. The lowest BCUT2D eigenvalue weighted by atomic mass is 9.83. The molecule has 0 aromatic heterocycles. The number of imide groups is 1. The van der Waals surface area contributed by atoms with Crippen LogP contribution in [0, 0.1) is 0 Å². The molecule has 0 radical (unpaired) electrons. The number of nitrogens with one attached hydrogen (secondary N) is 1. The molecule has 0 bridgehead atoms. The Labute approximate surface area is 140 Å². The third-order valence-corrected chi connectivity index (χ3v) is 4.14. The van der Waals surface area contributed by atoms with Gasteiger partial charge in [-0.2, -0.15) is 0 Å². The minimum Gasteiger partial charge on any atom is -0.319 e. The van der Waals surface area contributed by atoms with Gasteiger partial charge in [0.25, 0.3) is 5.91 Å². The van der Waals surface area contributed by atoms with E-state index in [2.05, 4.69) is 5.32 Å². The molecule has 1 fully saturated rings. The number of carbonyl (C=O) groups is 3. The maximum Gasteiger partial charge on any atom is 0.325 e. The highest BCUT2D eigenvalue weighted by Crippen LogP contribution is 2.32. The standard InChI is InChI=1S/C19H18N2O3/c1-14(22)13-21-17(23)19(20-18(21)24,16-10-6-3-7-11-16)12-15-8-4-2-5-9-15/h2-11H,12-13H2,1H3,(H,20,24)/t19-/m0/s1. The van der Waals surface area contributed by atoms with E-state index >= 15 is 0 Å². The molecule has 2 aromatic rings. The lowest BCUT2D eigenvalue weighted by Gasteiger charge is -2.27. The molecule has 1 atom stereocenters. The van der Waals surface area contributed by atoms with Gasteiger partial charge >= 0.3 is 6.03 Å². The van der Waals surface area contributed by atoms with Crippen LogP contribution >= 0.6 is 0 Å². The zero-order valence-corrected chi connectivity index (χ0v) is 13.4. The topological polar surface area (TPSA) is 66.5 Å². The van der Waals surface area contributed by atoms with Crippen molar-refractivity contribution in [1.29, 1.82) is 0 Å². The number of amides is 3. The normalized spacial score (nSPS) is 20.1. The van der Waals surface area contributed by atoms with E-state index < -0.39 is 17.5 Å². The number of urea groups is 1. The Morgan fingerprint density at radius 3 is 2.17 bits per heavy atom. The molecular formula is C19H18N2O3. The Kier molecular flexibility index (Phi) is 4.16. The van der Waals surface area contributed by atoms with E-state index in [1.807, 2.05) is 60.7 Å². The Hall–Kier alpha value is -2.95. The van der Waals surface area contributed by atoms with Crippen LogP contribution in [0.1, 0.15) is 18.1 Å². The van der Waals surface area contributed by atoms with E-state index in [-0.39, 0.29) is 12.3 Å². The Morgan fingerprint density at radius 1 is 1.00 bits per heavy atom. The van der Waals surface area contributed by atoms with Gasteiger partial charge < -0.3 is 5.32 Å². The van der Waals surface area contributed by atoms with Crippen molar-refractivity contribution in [3.63, 3.8) is 0 Å². The van der Waals surface area contributed by atoms with Crippen LogP contribution < -0.4 is 5.32 Å². The number of hydrogen-bond donors (Lipinski definition) is 1. The third-order valence-electron chi connectivity index (χ3n) is 4.14. The maximum atomic E-state index is 13.1. The van der Waals surface area contributed by atoms with Crippen molar-refractivity contribution in [3.8, 4) is 0 Å². The fourth-order valence-electron chi connectivity index (χ4n) is 3.03. The first-order valence-corrected chi connectivity index (χ1v) is 7.76. The van der Waals surface area contributed by atoms with Gasteiger partial charge in [-0.1, -0.05) is 60.7 Å². The van der Waals surface area contributed by atoms with Crippen molar-refractivity contribution >= 4 is 17.7 Å². The molecule has 24 heavy (non-hydrogen) atoms. The van der Waals surface area contributed by atoms with Crippen molar-refractivity contribution in [2.24, 2.45) is 0 Å². The molecule has 1 aliphatic heterocycles. The van der Waals surface area contributed by atoms with Crippen LogP contribution in [-0.4, -0.2) is 29.2 Å². The van der Waals surface area contributed by atoms with Crippen LogP contribution in [0.5, 0.6) is 0 Å². The van der Waals surface area contributed by atoms with E-state index in [0.29, 0.717) is 12.0 Å². The first-order chi connectivity index (χ1) is 11.5. The fraction of sp³-hybridized carbons (Fsp3) is 0.211. The molecule has 3 rings (SSSR count). The summed E-state index contributed by atoms with van der Waals surface area (Å²) in [6, 6.07) is 18.1. The summed E-state index contributed by atoms with van der Waals surface area (Å²) in [5, 5.41) is 2.82. The summed E-state index contributed by atoms with van der Waals surface area (Å²) in [4.78, 5) is 37.8. The molecule has 1 saturated heterocycles. The molecule has 0 aliphatic carbocycles. The number of rotatable bonds is 5. The van der Waals surface area contributed by atoms with Gasteiger partial charge in [0.15, 0.2) is 5.54 Å². The van der Waals surface area contributed by atoms with Gasteiger partial charge in [-0.15, -0.1) is 0 Å². The number of benzene rings is 2. The smallest absolute Gasteiger partial charge is 0.319 e. The highest BCUT2D eigenvalue weighted by molar-refractivity contribution is 6.09. The van der Waals surface area contributed by atoms with Crippen LogP contribution in [-0.2, 0) is 21.5 Å². The highest BCUT2D eigenvalue weighted by Gasteiger charge is 2.52. The van der Waals surface area contributed by atoms with Crippen LogP contribution in [0.25, 0.3) is 0 Å². The number of ketones is 1. The SMILES string of the molecule is CC(=O)CN1C(=O)N[C@@](Cc2ccccc2)(c2ccccc2)C1=O. The highest BCUT2D eigenvalue weighted by atomic mass is 16.2. The first kappa shape index (κ1) is 15.9. The average molecular weight is 322 g/mol. The zero-order chi connectivity index (χ0) is 17.2. The second-order valence-electron chi connectivity index (χ2n) is 5.96. The van der Waals surface area contributed by atoms with Crippen molar-refractivity contribution in [2.75, 3.05) is 6.54 Å². The Balaban J connectivity index is 2.05. The van der Waals surface area contributed by atoms with Gasteiger partial charge in [0.1, 0.15) is 5.78 Å². The summed E-state index contributed by atoms with van der Waals surface area (Å²) in [6.45, 7) is 1.15. The lowest BCUT2D eigenvalue weighted by molar-refractivity contribution is -0.134. The Bertz CT molecular complexity index is 774. The van der Waals surface area contributed by atoms with E-state index in [0.717, 1.165) is 10.5 Å². The summed E-state index contributed by atoms with van der Waals surface area (Å²) in [6.07, 6.45) is 0.330. The largest absolute Gasteiger partial charge is 0.325 e. The van der Waals surface area contributed by atoms with Crippen molar-refractivity contribution in [2.45, 2.75) is 18.9 Å². The second kappa shape index (κ2) is 6.28. The van der Waals surface area contributed by atoms with Crippen molar-refractivity contribution < 1.29 is 14.4 Å². The Morgan fingerprint density at radius 2 is 1.58 bits per heavy atom. The molecule has 1 heterocycles. The summed E-state index contributed by atoms with van der Waals surface area (Å²) >= 11 is 0. The van der Waals surface area contributed by atoms with Crippen LogP contribution in [0.4, 0.5) is 4.79 Å². The van der Waals surface area contributed by atoms with Gasteiger partial charge in [0, 0.05) is 6.42 Å².